The fourth-order valence-electron chi connectivity index (χ4n) is 1.53. The average molecular weight is 303 g/mol. The van der Waals surface area contributed by atoms with Crippen LogP contribution in [0.25, 0.3) is 0 Å². The van der Waals surface area contributed by atoms with Crippen molar-refractivity contribution >= 4 is 23.4 Å². The van der Waals surface area contributed by atoms with Crippen LogP contribution < -0.4 is 5.73 Å². The van der Waals surface area contributed by atoms with Crippen molar-refractivity contribution in [1.82, 2.24) is 0 Å². The number of hydrogen-bond donors (Lipinski definition) is 1. The van der Waals surface area contributed by atoms with Crippen LogP contribution in [0, 0.1) is 17.6 Å². The Bertz CT molecular complexity index is 492. The standard InChI is InChI=1S/C14H19F2NO2S/c1-7(2)13(14(18)19-8(3)4)20-12-6-11(17)9(15)5-10(12)16/h5-8,13H,17H2,1-4H3. The number of anilines is 1. The molecule has 0 radical (unpaired) electrons. The van der Waals surface area contributed by atoms with Crippen molar-refractivity contribution in [3.05, 3.63) is 23.8 Å². The van der Waals surface area contributed by atoms with E-state index in [1.54, 1.807) is 13.8 Å². The van der Waals surface area contributed by atoms with E-state index >= 15 is 0 Å². The van der Waals surface area contributed by atoms with Crippen LogP contribution in [0.1, 0.15) is 27.7 Å². The number of ether oxygens (including phenoxy) is 1. The smallest absolute Gasteiger partial charge is 0.319 e. The summed E-state index contributed by atoms with van der Waals surface area (Å²) in [6.07, 6.45) is -0.243. The Kier molecular flexibility index (Phi) is 5.80. The van der Waals surface area contributed by atoms with Gasteiger partial charge in [-0.15, -0.1) is 11.8 Å². The van der Waals surface area contributed by atoms with E-state index in [9.17, 15) is 13.6 Å². The number of nitrogen functional groups attached to an aromatic ring is 1. The minimum absolute atomic E-state index is 0.0584. The Balaban J connectivity index is 2.97. The molecule has 0 spiro atoms. The highest BCUT2D eigenvalue weighted by Gasteiger charge is 2.27. The molecule has 0 amide bonds. The predicted octanol–water partition coefficient (Wildman–Crippen LogP) is 3.62. The first kappa shape index (κ1) is 16.8. The van der Waals surface area contributed by atoms with Crippen LogP contribution in [0.4, 0.5) is 14.5 Å². The fraction of sp³-hybridized carbons (Fsp3) is 0.500. The number of carbonyl (C=O) groups excluding carboxylic acids is 1. The Morgan fingerprint density at radius 1 is 1.20 bits per heavy atom. The third-order valence-electron chi connectivity index (χ3n) is 2.49. The zero-order valence-electron chi connectivity index (χ0n) is 11.9. The highest BCUT2D eigenvalue weighted by molar-refractivity contribution is 8.00. The van der Waals surface area contributed by atoms with Crippen LogP contribution in [-0.2, 0) is 9.53 Å². The molecule has 0 aliphatic rings. The number of nitrogens with two attached hydrogens (primary N) is 1. The Labute approximate surface area is 121 Å². The summed E-state index contributed by atoms with van der Waals surface area (Å²) < 4.78 is 32.0. The minimum atomic E-state index is -0.808. The molecule has 1 unspecified atom stereocenters. The van der Waals surface area contributed by atoms with Crippen LogP contribution in [0.5, 0.6) is 0 Å². The molecular weight excluding hydrogens is 284 g/mol. The molecule has 0 bridgehead atoms. The zero-order chi connectivity index (χ0) is 15.4. The van der Waals surface area contributed by atoms with E-state index in [0.717, 1.165) is 17.8 Å². The van der Waals surface area contributed by atoms with Gasteiger partial charge in [0.15, 0.2) is 0 Å². The second-order valence-corrected chi connectivity index (χ2v) is 6.26. The third kappa shape index (κ3) is 4.37. The van der Waals surface area contributed by atoms with Crippen molar-refractivity contribution in [2.24, 2.45) is 5.92 Å². The van der Waals surface area contributed by atoms with Gasteiger partial charge in [-0.3, -0.25) is 4.79 Å². The summed E-state index contributed by atoms with van der Waals surface area (Å²) in [6.45, 7) is 7.17. The second-order valence-electron chi connectivity index (χ2n) is 5.07. The van der Waals surface area contributed by atoms with Crippen LogP contribution in [0.2, 0.25) is 0 Å². The van der Waals surface area contributed by atoms with E-state index in [1.807, 2.05) is 13.8 Å². The van der Waals surface area contributed by atoms with Crippen molar-refractivity contribution in [2.45, 2.75) is 43.9 Å². The molecule has 0 aliphatic carbocycles. The molecule has 2 N–H and O–H groups in total. The fourth-order valence-corrected chi connectivity index (χ4v) is 2.59. The molecule has 112 valence electrons. The maximum Gasteiger partial charge on any atom is 0.319 e. The first-order valence-electron chi connectivity index (χ1n) is 6.34. The topological polar surface area (TPSA) is 52.3 Å². The summed E-state index contributed by atoms with van der Waals surface area (Å²) in [5.74, 6) is -2.01. The minimum Gasteiger partial charge on any atom is -0.462 e. The van der Waals surface area contributed by atoms with E-state index in [1.165, 1.54) is 6.07 Å². The third-order valence-corrected chi connectivity index (χ3v) is 4.05. The SMILES string of the molecule is CC(C)OC(=O)C(Sc1cc(N)c(F)cc1F)C(C)C. The number of rotatable bonds is 5. The van der Waals surface area contributed by atoms with Gasteiger partial charge in [0.05, 0.1) is 11.8 Å². The van der Waals surface area contributed by atoms with Crippen molar-refractivity contribution in [1.29, 1.82) is 0 Å². The molecule has 1 atom stereocenters. The molecule has 0 heterocycles. The van der Waals surface area contributed by atoms with Gasteiger partial charge in [-0.25, -0.2) is 8.78 Å². The molecule has 0 aromatic heterocycles. The highest BCUT2D eigenvalue weighted by atomic mass is 32.2. The summed E-state index contributed by atoms with van der Waals surface area (Å²) in [7, 11) is 0. The summed E-state index contributed by atoms with van der Waals surface area (Å²) >= 11 is 1.00. The molecule has 20 heavy (non-hydrogen) atoms. The number of thioether (sulfide) groups is 1. The quantitative estimate of drug-likeness (QED) is 0.513. The summed E-state index contributed by atoms with van der Waals surface area (Å²) in [5.41, 5.74) is 5.28. The first-order chi connectivity index (χ1) is 9.22. The van der Waals surface area contributed by atoms with Crippen molar-refractivity contribution in [3.63, 3.8) is 0 Å². The molecule has 0 fully saturated rings. The molecule has 0 saturated carbocycles. The molecule has 1 aromatic rings. The van der Waals surface area contributed by atoms with E-state index in [4.69, 9.17) is 10.5 Å². The molecule has 0 saturated heterocycles. The average Bonchev–Trinajstić information content (AvgIpc) is 2.30. The van der Waals surface area contributed by atoms with Gasteiger partial charge in [-0.1, -0.05) is 13.8 Å². The van der Waals surface area contributed by atoms with Gasteiger partial charge in [0.25, 0.3) is 0 Å². The lowest BCUT2D eigenvalue weighted by Crippen LogP contribution is -2.27. The summed E-state index contributed by atoms with van der Waals surface area (Å²) in [6, 6.07) is 1.93. The van der Waals surface area contributed by atoms with Crippen LogP contribution in [-0.4, -0.2) is 17.3 Å². The molecular formula is C14H19F2NO2S. The van der Waals surface area contributed by atoms with Gasteiger partial charge < -0.3 is 10.5 Å². The molecule has 0 aliphatic heterocycles. The molecule has 1 aromatic carbocycles. The maximum absolute atomic E-state index is 13.7. The van der Waals surface area contributed by atoms with Crippen LogP contribution in [0.15, 0.2) is 17.0 Å². The predicted molar refractivity (Wildman–Crippen MR) is 76.5 cm³/mol. The zero-order valence-corrected chi connectivity index (χ0v) is 12.8. The van der Waals surface area contributed by atoms with Gasteiger partial charge in [-0.05, 0) is 25.8 Å². The Morgan fingerprint density at radius 2 is 1.80 bits per heavy atom. The number of hydrogen-bond acceptors (Lipinski definition) is 4. The summed E-state index contributed by atoms with van der Waals surface area (Å²) in [4.78, 5) is 12.1. The molecule has 1 rings (SSSR count). The number of halogens is 2. The van der Waals surface area contributed by atoms with Crippen molar-refractivity contribution in [2.75, 3.05) is 5.73 Å². The van der Waals surface area contributed by atoms with Gasteiger partial charge in [0, 0.05) is 11.0 Å². The van der Waals surface area contributed by atoms with Gasteiger partial charge in [-0.2, -0.15) is 0 Å². The molecule has 6 heteroatoms. The number of esters is 1. The lowest BCUT2D eigenvalue weighted by atomic mass is 10.1. The highest BCUT2D eigenvalue weighted by Crippen LogP contribution is 2.33. The lowest BCUT2D eigenvalue weighted by molar-refractivity contribution is -0.147. The largest absolute Gasteiger partial charge is 0.462 e. The van der Waals surface area contributed by atoms with Crippen LogP contribution in [0.3, 0.4) is 0 Å². The number of benzene rings is 1. The Hall–Kier alpha value is -1.30. The van der Waals surface area contributed by atoms with E-state index in [2.05, 4.69) is 0 Å². The van der Waals surface area contributed by atoms with E-state index in [0.29, 0.717) is 0 Å². The van der Waals surface area contributed by atoms with Crippen LogP contribution >= 0.6 is 11.8 Å². The van der Waals surface area contributed by atoms with E-state index in [-0.39, 0.29) is 22.6 Å². The van der Waals surface area contributed by atoms with E-state index < -0.39 is 22.9 Å². The summed E-state index contributed by atoms with van der Waals surface area (Å²) in [5, 5.41) is -0.572. The molecule has 3 nitrogen and oxygen atoms in total. The first-order valence-corrected chi connectivity index (χ1v) is 7.22. The van der Waals surface area contributed by atoms with Gasteiger partial charge in [0.2, 0.25) is 0 Å². The lowest BCUT2D eigenvalue weighted by Gasteiger charge is -2.20. The number of carbonyl (C=O) groups is 1. The van der Waals surface area contributed by atoms with Crippen molar-refractivity contribution in [3.8, 4) is 0 Å². The van der Waals surface area contributed by atoms with Gasteiger partial charge in [0.1, 0.15) is 16.9 Å². The maximum atomic E-state index is 13.7. The van der Waals surface area contributed by atoms with Crippen molar-refractivity contribution < 1.29 is 18.3 Å². The normalized spacial score (nSPS) is 12.8. The Morgan fingerprint density at radius 3 is 2.30 bits per heavy atom. The monoisotopic (exact) mass is 303 g/mol. The van der Waals surface area contributed by atoms with Gasteiger partial charge >= 0.3 is 5.97 Å². The second kappa shape index (κ2) is 6.92.